The fourth-order valence-corrected chi connectivity index (χ4v) is 5.61. The first-order valence-electron chi connectivity index (χ1n) is 13.2. The number of nitrogens with zero attached hydrogens (tertiary/aromatic N) is 1. The number of nitrogens with one attached hydrogen (secondary N) is 1. The lowest BCUT2D eigenvalue weighted by molar-refractivity contribution is -0.153. The molecule has 1 unspecified atom stereocenters. The summed E-state index contributed by atoms with van der Waals surface area (Å²) in [6.45, 7) is 7.78. The summed E-state index contributed by atoms with van der Waals surface area (Å²) in [6, 6.07) is 13.8. The first kappa shape index (κ1) is 27.8. The zero-order valence-electron chi connectivity index (χ0n) is 22.5. The third-order valence-corrected chi connectivity index (χ3v) is 7.80. The van der Waals surface area contributed by atoms with E-state index in [0.717, 1.165) is 53.1 Å². The summed E-state index contributed by atoms with van der Waals surface area (Å²) in [5.74, 6) is -0.467. The number of carboxylic acids is 1. The van der Waals surface area contributed by atoms with Gasteiger partial charge in [-0.15, -0.1) is 11.3 Å². The topological polar surface area (TPSA) is 97.8 Å². The molecule has 2 aromatic carbocycles. The van der Waals surface area contributed by atoms with Crippen molar-refractivity contribution in [3.63, 3.8) is 0 Å². The van der Waals surface area contributed by atoms with E-state index in [1.54, 1.807) is 0 Å². The maximum atomic E-state index is 13.2. The average molecular weight is 537 g/mol. The predicted molar refractivity (Wildman–Crippen MR) is 149 cm³/mol. The standard InChI is InChI=1S/C30H36N2O5S/c1-18(2)36-26(30(34)35)16-21-11-14-25(37-24-7-5-6-8-24)23(15-21)17-31-28(33)27-20(4)32-29(38-27)22-12-9-19(3)10-13-22/h9-15,18,24,26H,5-8,16-17H2,1-4H3,(H,31,33)(H,34,35). The maximum absolute atomic E-state index is 13.2. The average Bonchev–Trinajstić information content (AvgIpc) is 3.53. The highest BCUT2D eigenvalue weighted by molar-refractivity contribution is 7.17. The molecule has 1 atom stereocenters. The van der Waals surface area contributed by atoms with Gasteiger partial charge in [0.1, 0.15) is 15.6 Å². The molecule has 1 aliphatic carbocycles. The minimum atomic E-state index is -0.995. The Morgan fingerprint density at radius 2 is 1.82 bits per heavy atom. The second-order valence-corrected chi connectivity index (χ2v) is 11.2. The number of rotatable bonds is 11. The molecule has 1 aromatic heterocycles. The number of carbonyl (C=O) groups excluding carboxylic acids is 1. The van der Waals surface area contributed by atoms with E-state index in [0.29, 0.717) is 10.6 Å². The molecule has 0 saturated heterocycles. The molecule has 0 spiro atoms. The highest BCUT2D eigenvalue weighted by atomic mass is 32.1. The number of aryl methyl sites for hydroxylation is 2. The molecule has 1 fully saturated rings. The van der Waals surface area contributed by atoms with Gasteiger partial charge in [0, 0.05) is 24.1 Å². The molecule has 1 amide bonds. The zero-order chi connectivity index (χ0) is 27.2. The van der Waals surface area contributed by atoms with Crippen molar-refractivity contribution in [1.82, 2.24) is 10.3 Å². The minimum absolute atomic E-state index is 0.159. The Hall–Kier alpha value is -3.23. The molecule has 1 saturated carbocycles. The van der Waals surface area contributed by atoms with Gasteiger partial charge in [0.2, 0.25) is 0 Å². The molecule has 1 heterocycles. The van der Waals surface area contributed by atoms with E-state index in [-0.39, 0.29) is 31.1 Å². The second-order valence-electron chi connectivity index (χ2n) is 10.2. The number of thiazole rings is 1. The van der Waals surface area contributed by atoms with Crippen molar-refractivity contribution in [2.24, 2.45) is 0 Å². The SMILES string of the molecule is Cc1ccc(-c2nc(C)c(C(=O)NCc3cc(CC(OC(C)C)C(=O)O)ccc3OC3CCCC3)s2)cc1. The number of hydrogen-bond acceptors (Lipinski definition) is 6. The minimum Gasteiger partial charge on any atom is -0.490 e. The number of hydrogen-bond donors (Lipinski definition) is 2. The molecule has 3 aromatic rings. The number of carboxylic acid groups (broad SMARTS) is 1. The van der Waals surface area contributed by atoms with Crippen LogP contribution >= 0.6 is 11.3 Å². The van der Waals surface area contributed by atoms with Gasteiger partial charge < -0.3 is 19.9 Å². The molecule has 7 nitrogen and oxygen atoms in total. The van der Waals surface area contributed by atoms with Crippen molar-refractivity contribution in [3.05, 3.63) is 69.7 Å². The highest BCUT2D eigenvalue weighted by Gasteiger charge is 2.23. The second kappa shape index (κ2) is 12.5. The molecule has 4 rings (SSSR count). The Balaban J connectivity index is 1.52. The molecule has 38 heavy (non-hydrogen) atoms. The molecule has 0 radical (unpaired) electrons. The largest absolute Gasteiger partial charge is 0.490 e. The third kappa shape index (κ3) is 7.20. The predicted octanol–water partition coefficient (Wildman–Crippen LogP) is 6.10. The quantitative estimate of drug-likeness (QED) is 0.307. The Kier molecular flexibility index (Phi) is 9.17. The monoisotopic (exact) mass is 536 g/mol. The summed E-state index contributed by atoms with van der Waals surface area (Å²) in [5.41, 5.74) is 4.48. The summed E-state index contributed by atoms with van der Waals surface area (Å²) in [4.78, 5) is 30.1. The summed E-state index contributed by atoms with van der Waals surface area (Å²) >= 11 is 1.38. The van der Waals surface area contributed by atoms with Crippen LogP contribution in [0.2, 0.25) is 0 Å². The number of ether oxygens (including phenoxy) is 2. The van der Waals surface area contributed by atoms with Crippen molar-refractivity contribution < 1.29 is 24.2 Å². The van der Waals surface area contributed by atoms with Gasteiger partial charge in [0.25, 0.3) is 5.91 Å². The summed E-state index contributed by atoms with van der Waals surface area (Å²) in [5, 5.41) is 13.5. The van der Waals surface area contributed by atoms with Gasteiger partial charge in [-0.3, -0.25) is 4.79 Å². The van der Waals surface area contributed by atoms with E-state index in [4.69, 9.17) is 9.47 Å². The summed E-state index contributed by atoms with van der Waals surface area (Å²) in [6.07, 6.45) is 3.56. The fraction of sp³-hybridized carbons (Fsp3) is 0.433. The van der Waals surface area contributed by atoms with Crippen molar-refractivity contribution in [3.8, 4) is 16.3 Å². The molecule has 0 aliphatic heterocycles. The number of aromatic nitrogens is 1. The van der Waals surface area contributed by atoms with E-state index in [9.17, 15) is 14.7 Å². The van der Waals surface area contributed by atoms with Crippen LogP contribution in [0.5, 0.6) is 5.75 Å². The van der Waals surface area contributed by atoms with Gasteiger partial charge in [-0.25, -0.2) is 9.78 Å². The lowest BCUT2D eigenvalue weighted by atomic mass is 10.0. The third-order valence-electron chi connectivity index (χ3n) is 6.59. The molecule has 2 N–H and O–H groups in total. The number of benzene rings is 2. The van der Waals surface area contributed by atoms with E-state index in [2.05, 4.69) is 10.3 Å². The first-order chi connectivity index (χ1) is 18.2. The van der Waals surface area contributed by atoms with Crippen molar-refractivity contribution in [2.75, 3.05) is 0 Å². The van der Waals surface area contributed by atoms with Gasteiger partial charge in [-0.05, 0) is 65.0 Å². The Bertz CT molecular complexity index is 1260. The van der Waals surface area contributed by atoms with Crippen molar-refractivity contribution in [1.29, 1.82) is 0 Å². The molecular formula is C30H36N2O5S. The Morgan fingerprint density at radius 1 is 1.11 bits per heavy atom. The van der Waals surface area contributed by atoms with E-state index in [1.165, 1.54) is 16.9 Å². The van der Waals surface area contributed by atoms with Crippen molar-refractivity contribution in [2.45, 2.75) is 84.7 Å². The Morgan fingerprint density at radius 3 is 2.47 bits per heavy atom. The summed E-state index contributed by atoms with van der Waals surface area (Å²) < 4.78 is 11.9. The lowest BCUT2D eigenvalue weighted by Crippen LogP contribution is -2.29. The Labute approximate surface area is 228 Å². The molecule has 202 valence electrons. The maximum Gasteiger partial charge on any atom is 0.333 e. The zero-order valence-corrected chi connectivity index (χ0v) is 23.3. The lowest BCUT2D eigenvalue weighted by Gasteiger charge is -2.20. The smallest absolute Gasteiger partial charge is 0.333 e. The number of aliphatic carboxylic acids is 1. The molecule has 1 aliphatic rings. The van der Waals surface area contributed by atoms with Gasteiger partial charge in [0.15, 0.2) is 6.10 Å². The summed E-state index contributed by atoms with van der Waals surface area (Å²) in [7, 11) is 0. The first-order valence-corrected chi connectivity index (χ1v) is 14.0. The van der Waals surface area contributed by atoms with Crippen LogP contribution in [0.1, 0.15) is 71.6 Å². The molecule has 0 bridgehead atoms. The van der Waals surface area contributed by atoms with Crippen LogP contribution in [-0.4, -0.2) is 40.3 Å². The van der Waals surface area contributed by atoms with Crippen LogP contribution in [0.25, 0.3) is 10.6 Å². The highest BCUT2D eigenvalue weighted by Crippen LogP contribution is 2.30. The van der Waals surface area contributed by atoms with Crippen LogP contribution in [-0.2, 0) is 22.5 Å². The van der Waals surface area contributed by atoms with Gasteiger partial charge in [-0.2, -0.15) is 0 Å². The van der Waals surface area contributed by atoms with Crippen molar-refractivity contribution >= 4 is 23.2 Å². The van der Waals surface area contributed by atoms with Crippen LogP contribution < -0.4 is 10.1 Å². The molecular weight excluding hydrogens is 500 g/mol. The van der Waals surface area contributed by atoms with Gasteiger partial charge in [-0.1, -0.05) is 42.0 Å². The van der Waals surface area contributed by atoms with Gasteiger partial charge in [0.05, 0.1) is 17.9 Å². The van der Waals surface area contributed by atoms with E-state index >= 15 is 0 Å². The van der Waals surface area contributed by atoms with Crippen LogP contribution in [0.3, 0.4) is 0 Å². The van der Waals surface area contributed by atoms with E-state index < -0.39 is 12.1 Å². The van der Waals surface area contributed by atoms with Gasteiger partial charge >= 0.3 is 5.97 Å². The van der Waals surface area contributed by atoms with Crippen LogP contribution in [0.15, 0.2) is 42.5 Å². The number of amides is 1. The van der Waals surface area contributed by atoms with Crippen LogP contribution in [0, 0.1) is 13.8 Å². The number of carbonyl (C=O) groups is 2. The van der Waals surface area contributed by atoms with Crippen LogP contribution in [0.4, 0.5) is 0 Å². The van der Waals surface area contributed by atoms with E-state index in [1.807, 2.05) is 70.2 Å². The normalized spacial score (nSPS) is 14.6. The fourth-order valence-electron chi connectivity index (χ4n) is 4.62. The molecule has 8 heteroatoms.